The van der Waals surface area contributed by atoms with E-state index in [0.29, 0.717) is 6.61 Å². The van der Waals surface area contributed by atoms with Crippen LogP contribution < -0.4 is 10.1 Å². The summed E-state index contributed by atoms with van der Waals surface area (Å²) in [6.07, 6.45) is 0.878. The zero-order valence-corrected chi connectivity index (χ0v) is 8.74. The summed E-state index contributed by atoms with van der Waals surface area (Å²) in [7, 11) is 1.44. The number of methoxy groups -OCH3 is 1. The third-order valence-corrected chi connectivity index (χ3v) is 1.49. The first-order chi connectivity index (χ1) is 7.26. The Morgan fingerprint density at radius 1 is 1.60 bits per heavy atom. The van der Waals surface area contributed by atoms with E-state index >= 15 is 0 Å². The first kappa shape index (κ1) is 11.4. The Bertz CT molecular complexity index is 313. The van der Waals surface area contributed by atoms with Gasteiger partial charge in [-0.2, -0.15) is 4.98 Å². The Labute approximate surface area is 87.2 Å². The van der Waals surface area contributed by atoms with Crippen LogP contribution in [0.5, 0.6) is 6.01 Å². The van der Waals surface area contributed by atoms with E-state index in [1.165, 1.54) is 7.11 Å². The molecule has 0 aliphatic heterocycles. The van der Waals surface area contributed by atoms with Gasteiger partial charge in [0, 0.05) is 6.61 Å². The molecule has 0 aliphatic rings. The number of carbonyl (C=O) groups is 1. The van der Waals surface area contributed by atoms with Gasteiger partial charge in [-0.1, -0.05) is 6.92 Å². The maximum Gasteiger partial charge on any atom is 0.336 e. The second-order valence-corrected chi connectivity index (χ2v) is 2.77. The lowest BCUT2D eigenvalue weighted by molar-refractivity contribution is -0.120. The van der Waals surface area contributed by atoms with Crippen LogP contribution in [0.3, 0.4) is 0 Å². The van der Waals surface area contributed by atoms with Crippen molar-refractivity contribution in [2.45, 2.75) is 13.3 Å². The summed E-state index contributed by atoms with van der Waals surface area (Å²) in [4.78, 5) is 15.0. The lowest BCUT2D eigenvalue weighted by Crippen LogP contribution is -2.19. The van der Waals surface area contributed by atoms with Crippen LogP contribution in [0.1, 0.15) is 13.3 Å². The van der Waals surface area contributed by atoms with Gasteiger partial charge in [-0.25, -0.2) is 5.10 Å². The molecule has 0 aliphatic carbocycles. The van der Waals surface area contributed by atoms with Gasteiger partial charge in [0.15, 0.2) is 0 Å². The van der Waals surface area contributed by atoms with Crippen LogP contribution in [0, 0.1) is 0 Å². The number of hydrogen-bond acceptors (Lipinski definition) is 5. The molecule has 0 bridgehead atoms. The zero-order chi connectivity index (χ0) is 11.1. The predicted octanol–water partition coefficient (Wildman–Crippen LogP) is 0.178. The second-order valence-electron chi connectivity index (χ2n) is 2.77. The summed E-state index contributed by atoms with van der Waals surface area (Å²) in [5.41, 5.74) is 0. The summed E-state index contributed by atoms with van der Waals surface area (Å²) in [6, 6.07) is 0.180. The van der Waals surface area contributed by atoms with Gasteiger partial charge in [-0.05, 0) is 6.42 Å². The van der Waals surface area contributed by atoms with E-state index in [-0.39, 0.29) is 24.5 Å². The highest BCUT2D eigenvalue weighted by Gasteiger charge is 2.06. The number of H-pyrrole nitrogens is 1. The topological polar surface area (TPSA) is 89.1 Å². The average molecular weight is 214 g/mol. The molecule has 0 unspecified atom stereocenters. The number of amides is 1. The third-order valence-electron chi connectivity index (χ3n) is 1.49. The second kappa shape index (κ2) is 5.97. The van der Waals surface area contributed by atoms with Gasteiger partial charge in [0.2, 0.25) is 5.95 Å². The summed E-state index contributed by atoms with van der Waals surface area (Å²) in [5, 5.41) is 8.66. The van der Waals surface area contributed by atoms with Crippen molar-refractivity contribution in [1.82, 2.24) is 15.2 Å². The molecule has 1 aromatic heterocycles. The van der Waals surface area contributed by atoms with Crippen molar-refractivity contribution in [3.63, 3.8) is 0 Å². The minimum absolute atomic E-state index is 0.0108. The maximum absolute atomic E-state index is 11.2. The van der Waals surface area contributed by atoms with Gasteiger partial charge in [0.25, 0.3) is 5.91 Å². The third kappa shape index (κ3) is 3.94. The molecule has 7 nitrogen and oxygen atoms in total. The summed E-state index contributed by atoms with van der Waals surface area (Å²) in [6.45, 7) is 2.54. The van der Waals surface area contributed by atoms with E-state index in [1.54, 1.807) is 0 Å². The molecule has 0 fully saturated rings. The molecule has 15 heavy (non-hydrogen) atoms. The van der Waals surface area contributed by atoms with E-state index in [9.17, 15) is 4.79 Å². The van der Waals surface area contributed by atoms with Crippen molar-refractivity contribution < 1.29 is 14.3 Å². The number of nitrogens with zero attached hydrogens (tertiary/aromatic N) is 2. The summed E-state index contributed by atoms with van der Waals surface area (Å²) < 4.78 is 9.78. The highest BCUT2D eigenvalue weighted by molar-refractivity contribution is 5.89. The van der Waals surface area contributed by atoms with Crippen LogP contribution in [0.25, 0.3) is 0 Å². The number of rotatable bonds is 6. The predicted molar refractivity (Wildman–Crippen MR) is 52.7 cm³/mol. The lowest BCUT2D eigenvalue weighted by Gasteiger charge is -2.01. The fraction of sp³-hybridized carbons (Fsp3) is 0.625. The van der Waals surface area contributed by atoms with E-state index in [1.807, 2.05) is 6.92 Å². The van der Waals surface area contributed by atoms with Gasteiger partial charge in [0.05, 0.1) is 7.11 Å². The molecule has 1 amide bonds. The van der Waals surface area contributed by atoms with Crippen LogP contribution in [0.4, 0.5) is 5.95 Å². The number of ether oxygens (including phenoxy) is 2. The minimum Gasteiger partial charge on any atom is -0.466 e. The Hall–Kier alpha value is -1.63. The highest BCUT2D eigenvalue weighted by Crippen LogP contribution is 2.03. The lowest BCUT2D eigenvalue weighted by atomic mass is 10.5. The van der Waals surface area contributed by atoms with Crippen molar-refractivity contribution in [1.29, 1.82) is 0 Å². The Morgan fingerprint density at radius 3 is 3.00 bits per heavy atom. The number of hydrogen-bond donors (Lipinski definition) is 2. The maximum atomic E-state index is 11.2. The molecule has 1 rings (SSSR count). The molecular formula is C8H14N4O3. The normalized spacial score (nSPS) is 10.0. The van der Waals surface area contributed by atoms with Crippen LogP contribution in [-0.4, -0.2) is 41.4 Å². The van der Waals surface area contributed by atoms with Crippen molar-refractivity contribution in [3.05, 3.63) is 0 Å². The monoisotopic (exact) mass is 214 g/mol. The fourth-order valence-corrected chi connectivity index (χ4v) is 0.871. The smallest absolute Gasteiger partial charge is 0.336 e. The number of anilines is 1. The van der Waals surface area contributed by atoms with Crippen molar-refractivity contribution in [2.75, 3.05) is 25.6 Å². The Balaban J connectivity index is 2.31. The average Bonchev–Trinajstić information content (AvgIpc) is 2.66. The number of aromatic amines is 1. The molecule has 1 aromatic rings. The van der Waals surface area contributed by atoms with E-state index in [4.69, 9.17) is 9.47 Å². The van der Waals surface area contributed by atoms with E-state index in [0.717, 1.165) is 6.42 Å². The van der Waals surface area contributed by atoms with Crippen LogP contribution in [0.15, 0.2) is 0 Å². The molecule has 0 atom stereocenters. The standard InChI is InChI=1S/C8H14N4O3/c1-3-4-15-5-6(13)9-7-10-8(14-2)12-11-7/h3-5H2,1-2H3,(H2,9,10,11,12,13). The number of nitrogens with one attached hydrogen (secondary N) is 2. The Morgan fingerprint density at radius 2 is 2.40 bits per heavy atom. The zero-order valence-electron chi connectivity index (χ0n) is 8.74. The van der Waals surface area contributed by atoms with Crippen molar-refractivity contribution >= 4 is 11.9 Å². The van der Waals surface area contributed by atoms with E-state index in [2.05, 4.69) is 20.5 Å². The van der Waals surface area contributed by atoms with Gasteiger partial charge < -0.3 is 9.47 Å². The molecule has 0 saturated carbocycles. The van der Waals surface area contributed by atoms with Gasteiger partial charge in [0.1, 0.15) is 6.61 Å². The van der Waals surface area contributed by atoms with Crippen molar-refractivity contribution in [3.8, 4) is 6.01 Å². The first-order valence-electron chi connectivity index (χ1n) is 4.60. The molecule has 0 radical (unpaired) electrons. The van der Waals surface area contributed by atoms with Gasteiger partial charge in [-0.15, -0.1) is 5.10 Å². The number of carbonyl (C=O) groups excluding carboxylic acids is 1. The molecule has 0 saturated heterocycles. The molecule has 0 aromatic carbocycles. The summed E-state index contributed by atoms with van der Waals surface area (Å²) >= 11 is 0. The molecule has 2 N–H and O–H groups in total. The molecule has 7 heteroatoms. The SMILES string of the molecule is CCCOCC(=O)Nc1nc(OC)n[nH]1. The van der Waals surface area contributed by atoms with E-state index < -0.39 is 0 Å². The van der Waals surface area contributed by atoms with Crippen molar-refractivity contribution in [2.24, 2.45) is 0 Å². The summed E-state index contributed by atoms with van der Waals surface area (Å²) in [5.74, 6) is -0.0285. The quantitative estimate of drug-likeness (QED) is 0.659. The molecule has 1 heterocycles. The molecular weight excluding hydrogens is 200 g/mol. The molecule has 0 spiro atoms. The molecule has 84 valence electrons. The minimum atomic E-state index is -0.276. The van der Waals surface area contributed by atoms with Crippen LogP contribution in [0.2, 0.25) is 0 Å². The fourth-order valence-electron chi connectivity index (χ4n) is 0.871. The van der Waals surface area contributed by atoms with Crippen LogP contribution >= 0.6 is 0 Å². The van der Waals surface area contributed by atoms with Gasteiger partial charge >= 0.3 is 6.01 Å². The van der Waals surface area contributed by atoms with Gasteiger partial charge in [-0.3, -0.25) is 10.1 Å². The first-order valence-corrected chi connectivity index (χ1v) is 4.60. The Kier molecular flexibility index (Phi) is 4.55. The highest BCUT2D eigenvalue weighted by atomic mass is 16.5. The number of aromatic nitrogens is 3. The largest absolute Gasteiger partial charge is 0.466 e. The van der Waals surface area contributed by atoms with Crippen LogP contribution in [-0.2, 0) is 9.53 Å².